The highest BCUT2D eigenvalue weighted by atomic mass is 35.5. The molecule has 0 amide bonds. The summed E-state index contributed by atoms with van der Waals surface area (Å²) in [4.78, 5) is 0. The normalized spacial score (nSPS) is 10.1. The van der Waals surface area contributed by atoms with Crippen molar-refractivity contribution < 1.29 is 0 Å². The van der Waals surface area contributed by atoms with Crippen LogP contribution in [0.3, 0.4) is 0 Å². The van der Waals surface area contributed by atoms with Crippen molar-refractivity contribution in [2.24, 2.45) is 0 Å². The molecular formula is C9H12ClN. The Morgan fingerprint density at radius 3 is 2.64 bits per heavy atom. The van der Waals surface area contributed by atoms with Crippen LogP contribution < -0.4 is 5.73 Å². The lowest BCUT2D eigenvalue weighted by atomic mass is 10.1. The minimum atomic E-state index is 0.750. The predicted octanol–water partition coefficient (Wildman–Crippen LogP) is 2.79. The van der Waals surface area contributed by atoms with Crippen molar-refractivity contribution in [3.63, 3.8) is 0 Å². The second kappa shape index (κ2) is 3.14. The maximum atomic E-state index is 5.86. The van der Waals surface area contributed by atoms with Crippen LogP contribution in [-0.2, 0) is 6.42 Å². The summed E-state index contributed by atoms with van der Waals surface area (Å²) in [7, 11) is 0. The Morgan fingerprint density at radius 1 is 1.45 bits per heavy atom. The lowest BCUT2D eigenvalue weighted by molar-refractivity contribution is 1.14. The van der Waals surface area contributed by atoms with Crippen LogP contribution >= 0.6 is 11.6 Å². The first-order valence-electron chi connectivity index (χ1n) is 3.70. The summed E-state index contributed by atoms with van der Waals surface area (Å²) in [6, 6.07) is 3.87. The molecule has 0 saturated carbocycles. The fourth-order valence-electron chi connectivity index (χ4n) is 1.07. The summed E-state index contributed by atoms with van der Waals surface area (Å²) < 4.78 is 0. The molecule has 2 N–H and O–H groups in total. The van der Waals surface area contributed by atoms with E-state index in [1.165, 1.54) is 5.56 Å². The van der Waals surface area contributed by atoms with Crippen molar-refractivity contribution in [1.29, 1.82) is 0 Å². The number of nitrogens with two attached hydrogens (primary N) is 1. The monoisotopic (exact) mass is 169 g/mol. The minimum absolute atomic E-state index is 0.750. The Labute approximate surface area is 72.2 Å². The molecule has 0 radical (unpaired) electrons. The Morgan fingerprint density at radius 2 is 2.09 bits per heavy atom. The standard InChI is InChI=1S/C9H12ClN/c1-3-7-4-5-8(10)6(2)9(7)11/h4-5H,3,11H2,1-2H3. The van der Waals surface area contributed by atoms with Crippen LogP contribution in [-0.4, -0.2) is 0 Å². The van der Waals surface area contributed by atoms with Crippen LogP contribution in [0.5, 0.6) is 0 Å². The zero-order chi connectivity index (χ0) is 8.43. The van der Waals surface area contributed by atoms with E-state index in [4.69, 9.17) is 17.3 Å². The van der Waals surface area contributed by atoms with Crippen molar-refractivity contribution in [2.75, 3.05) is 5.73 Å². The summed E-state index contributed by atoms with van der Waals surface area (Å²) in [5.41, 5.74) is 8.81. The molecule has 0 bridgehead atoms. The summed E-state index contributed by atoms with van der Waals surface area (Å²) in [6.07, 6.45) is 0.962. The number of anilines is 1. The molecule has 0 fully saturated rings. The second-order valence-corrected chi connectivity index (χ2v) is 3.01. The van der Waals surface area contributed by atoms with Crippen molar-refractivity contribution in [3.8, 4) is 0 Å². The van der Waals surface area contributed by atoms with E-state index in [1.807, 2.05) is 19.1 Å². The predicted molar refractivity (Wildman–Crippen MR) is 50.0 cm³/mol. The molecule has 11 heavy (non-hydrogen) atoms. The van der Waals surface area contributed by atoms with Crippen LogP contribution in [0.2, 0.25) is 5.02 Å². The molecule has 0 aliphatic heterocycles. The molecule has 0 spiro atoms. The zero-order valence-electron chi connectivity index (χ0n) is 6.82. The van der Waals surface area contributed by atoms with E-state index < -0.39 is 0 Å². The van der Waals surface area contributed by atoms with Gasteiger partial charge in [-0.3, -0.25) is 0 Å². The van der Waals surface area contributed by atoms with Gasteiger partial charge in [0.2, 0.25) is 0 Å². The van der Waals surface area contributed by atoms with E-state index in [-0.39, 0.29) is 0 Å². The van der Waals surface area contributed by atoms with E-state index in [2.05, 4.69) is 6.92 Å². The fourth-order valence-corrected chi connectivity index (χ4v) is 1.23. The van der Waals surface area contributed by atoms with Crippen molar-refractivity contribution in [1.82, 2.24) is 0 Å². The summed E-state index contributed by atoms with van der Waals surface area (Å²) in [5.74, 6) is 0. The van der Waals surface area contributed by atoms with Gasteiger partial charge in [0.15, 0.2) is 0 Å². The average Bonchev–Trinajstić information content (AvgIpc) is 2.01. The molecule has 0 atom stereocenters. The lowest BCUT2D eigenvalue weighted by Gasteiger charge is -2.06. The Balaban J connectivity index is 3.25. The summed E-state index contributed by atoms with van der Waals surface area (Å²) in [6.45, 7) is 4.02. The van der Waals surface area contributed by atoms with E-state index in [9.17, 15) is 0 Å². The molecule has 0 aliphatic carbocycles. The summed E-state index contributed by atoms with van der Waals surface area (Å²) >= 11 is 5.86. The van der Waals surface area contributed by atoms with Crippen LogP contribution in [0, 0.1) is 6.92 Å². The van der Waals surface area contributed by atoms with Crippen molar-refractivity contribution >= 4 is 17.3 Å². The van der Waals surface area contributed by atoms with Crippen LogP contribution in [0.25, 0.3) is 0 Å². The van der Waals surface area contributed by atoms with E-state index in [1.54, 1.807) is 0 Å². The van der Waals surface area contributed by atoms with Gasteiger partial charge >= 0.3 is 0 Å². The van der Waals surface area contributed by atoms with Crippen LogP contribution in [0.4, 0.5) is 5.69 Å². The molecule has 0 unspecified atom stereocenters. The molecule has 60 valence electrons. The van der Waals surface area contributed by atoms with Crippen molar-refractivity contribution in [3.05, 3.63) is 28.3 Å². The first-order chi connectivity index (χ1) is 5.16. The molecule has 2 heteroatoms. The highest BCUT2D eigenvalue weighted by molar-refractivity contribution is 6.31. The number of hydrogen-bond donors (Lipinski definition) is 1. The zero-order valence-corrected chi connectivity index (χ0v) is 7.57. The van der Waals surface area contributed by atoms with Gasteiger partial charge < -0.3 is 5.73 Å². The maximum Gasteiger partial charge on any atom is 0.0455 e. The van der Waals surface area contributed by atoms with Gasteiger partial charge in [-0.2, -0.15) is 0 Å². The highest BCUT2D eigenvalue weighted by Gasteiger charge is 2.02. The quantitative estimate of drug-likeness (QED) is 0.643. The molecule has 1 aromatic carbocycles. The number of nitrogen functional groups attached to an aromatic ring is 1. The molecule has 1 aromatic rings. The first kappa shape index (κ1) is 8.41. The largest absolute Gasteiger partial charge is 0.398 e. The average molecular weight is 170 g/mol. The van der Waals surface area contributed by atoms with E-state index in [0.29, 0.717) is 0 Å². The second-order valence-electron chi connectivity index (χ2n) is 2.60. The van der Waals surface area contributed by atoms with Gasteiger partial charge in [-0.15, -0.1) is 0 Å². The number of benzene rings is 1. The maximum absolute atomic E-state index is 5.86. The molecule has 1 rings (SSSR count). The number of aryl methyl sites for hydroxylation is 1. The van der Waals surface area contributed by atoms with Crippen LogP contribution in [0.1, 0.15) is 18.1 Å². The Kier molecular flexibility index (Phi) is 2.40. The first-order valence-corrected chi connectivity index (χ1v) is 4.08. The molecule has 0 aliphatic rings. The number of halogens is 1. The Hall–Kier alpha value is -0.690. The SMILES string of the molecule is CCc1ccc(Cl)c(C)c1N. The highest BCUT2D eigenvalue weighted by Crippen LogP contribution is 2.24. The van der Waals surface area contributed by atoms with E-state index in [0.717, 1.165) is 22.7 Å². The third kappa shape index (κ3) is 1.48. The van der Waals surface area contributed by atoms with Gasteiger partial charge in [0.1, 0.15) is 0 Å². The minimum Gasteiger partial charge on any atom is -0.398 e. The van der Waals surface area contributed by atoms with Gasteiger partial charge in [0.25, 0.3) is 0 Å². The molecule has 1 nitrogen and oxygen atoms in total. The van der Waals surface area contributed by atoms with Gasteiger partial charge in [0, 0.05) is 10.7 Å². The summed E-state index contributed by atoms with van der Waals surface area (Å²) in [5, 5.41) is 0.750. The number of rotatable bonds is 1. The fraction of sp³-hybridized carbons (Fsp3) is 0.333. The molecule has 0 saturated heterocycles. The van der Waals surface area contributed by atoms with Gasteiger partial charge in [0.05, 0.1) is 0 Å². The lowest BCUT2D eigenvalue weighted by Crippen LogP contribution is -1.96. The third-order valence-electron chi connectivity index (χ3n) is 1.92. The van der Waals surface area contributed by atoms with Crippen molar-refractivity contribution in [2.45, 2.75) is 20.3 Å². The third-order valence-corrected chi connectivity index (χ3v) is 2.33. The van der Waals surface area contributed by atoms with Gasteiger partial charge in [-0.05, 0) is 30.5 Å². The Bertz CT molecular complexity index is 269. The molecular weight excluding hydrogens is 158 g/mol. The van der Waals surface area contributed by atoms with Gasteiger partial charge in [-0.1, -0.05) is 24.6 Å². The topological polar surface area (TPSA) is 26.0 Å². The van der Waals surface area contributed by atoms with E-state index >= 15 is 0 Å². The molecule has 0 heterocycles. The van der Waals surface area contributed by atoms with Gasteiger partial charge in [-0.25, -0.2) is 0 Å². The smallest absolute Gasteiger partial charge is 0.0455 e. The van der Waals surface area contributed by atoms with Crippen LogP contribution in [0.15, 0.2) is 12.1 Å². The molecule has 0 aromatic heterocycles. The number of hydrogen-bond acceptors (Lipinski definition) is 1.